The van der Waals surface area contributed by atoms with Gasteiger partial charge in [0.15, 0.2) is 0 Å². The average Bonchev–Trinajstić information content (AvgIpc) is 2.69. The Morgan fingerprint density at radius 2 is 1.95 bits per heavy atom. The molecule has 0 bridgehead atoms. The van der Waals surface area contributed by atoms with Gasteiger partial charge in [-0.3, -0.25) is 4.68 Å². The molecule has 1 heterocycles. The number of methoxy groups -OCH3 is 1. The number of halogens is 1. The van der Waals surface area contributed by atoms with Crippen molar-refractivity contribution in [3.05, 3.63) is 45.7 Å². The molecule has 0 spiro atoms. The highest BCUT2D eigenvalue weighted by Crippen LogP contribution is 2.22. The van der Waals surface area contributed by atoms with E-state index < -0.39 is 0 Å². The van der Waals surface area contributed by atoms with Gasteiger partial charge in [0, 0.05) is 14.2 Å². The molecule has 0 unspecified atom stereocenters. The van der Waals surface area contributed by atoms with Crippen molar-refractivity contribution in [3.63, 3.8) is 0 Å². The van der Waals surface area contributed by atoms with Gasteiger partial charge >= 0.3 is 0 Å². The molecular formula is C15H19BrN2O2. The highest BCUT2D eigenvalue weighted by Gasteiger charge is 2.10. The molecular weight excluding hydrogens is 320 g/mol. The van der Waals surface area contributed by atoms with E-state index in [0.717, 1.165) is 34.6 Å². The minimum absolute atomic E-state index is 0.495. The fourth-order valence-electron chi connectivity index (χ4n) is 1.96. The topological polar surface area (TPSA) is 36.3 Å². The van der Waals surface area contributed by atoms with E-state index in [2.05, 4.69) is 33.2 Å². The molecule has 2 aromatic rings. The van der Waals surface area contributed by atoms with Crippen molar-refractivity contribution in [1.29, 1.82) is 0 Å². The Morgan fingerprint density at radius 3 is 2.50 bits per heavy atom. The zero-order valence-electron chi connectivity index (χ0n) is 12.0. The van der Waals surface area contributed by atoms with E-state index in [1.165, 1.54) is 5.56 Å². The van der Waals surface area contributed by atoms with E-state index in [0.29, 0.717) is 6.61 Å². The molecule has 108 valence electrons. The van der Waals surface area contributed by atoms with E-state index in [1.54, 1.807) is 7.11 Å². The van der Waals surface area contributed by atoms with E-state index >= 15 is 0 Å². The number of nitrogens with zero attached hydrogens (tertiary/aromatic N) is 2. The summed E-state index contributed by atoms with van der Waals surface area (Å²) in [6.45, 7) is 3.20. The van der Waals surface area contributed by atoms with Crippen LogP contribution in [-0.2, 0) is 24.8 Å². The first kappa shape index (κ1) is 15.1. The minimum Gasteiger partial charge on any atom is -0.487 e. The number of aromatic nitrogens is 2. The first-order chi connectivity index (χ1) is 9.61. The fraction of sp³-hybridized carbons (Fsp3) is 0.400. The number of rotatable bonds is 6. The molecule has 0 aliphatic carbocycles. The Balaban J connectivity index is 1.97. The molecule has 4 nitrogen and oxygen atoms in total. The van der Waals surface area contributed by atoms with Crippen LogP contribution in [0.25, 0.3) is 0 Å². The highest BCUT2D eigenvalue weighted by atomic mass is 79.9. The molecule has 0 aliphatic rings. The van der Waals surface area contributed by atoms with Crippen LogP contribution in [0.1, 0.15) is 17.0 Å². The van der Waals surface area contributed by atoms with E-state index in [9.17, 15) is 0 Å². The lowest BCUT2D eigenvalue weighted by Crippen LogP contribution is -2.03. The van der Waals surface area contributed by atoms with Gasteiger partial charge in [0.1, 0.15) is 12.4 Å². The zero-order valence-corrected chi connectivity index (χ0v) is 13.6. The van der Waals surface area contributed by atoms with Crippen LogP contribution in [0.5, 0.6) is 5.75 Å². The van der Waals surface area contributed by atoms with Crippen molar-refractivity contribution in [2.75, 3.05) is 13.7 Å². The van der Waals surface area contributed by atoms with Gasteiger partial charge in [0.2, 0.25) is 0 Å². The lowest BCUT2D eigenvalue weighted by Gasteiger charge is -2.08. The van der Waals surface area contributed by atoms with Crippen LogP contribution in [0, 0.1) is 6.92 Å². The Kier molecular flexibility index (Phi) is 5.20. The van der Waals surface area contributed by atoms with Crippen LogP contribution in [-0.4, -0.2) is 23.5 Å². The fourth-order valence-corrected chi connectivity index (χ4v) is 2.41. The molecule has 0 saturated heterocycles. The quantitative estimate of drug-likeness (QED) is 0.811. The van der Waals surface area contributed by atoms with Gasteiger partial charge in [-0.05, 0) is 47.0 Å². The SMILES string of the molecule is COCCc1ccc(OCc2c(Br)c(C)nn2C)cc1. The summed E-state index contributed by atoms with van der Waals surface area (Å²) in [7, 11) is 3.63. The molecule has 20 heavy (non-hydrogen) atoms. The molecule has 0 N–H and O–H groups in total. The van der Waals surface area contributed by atoms with Crippen LogP contribution in [0.4, 0.5) is 0 Å². The summed E-state index contributed by atoms with van der Waals surface area (Å²) < 4.78 is 13.7. The van der Waals surface area contributed by atoms with Gasteiger partial charge in [0.25, 0.3) is 0 Å². The summed E-state index contributed by atoms with van der Waals surface area (Å²) in [5.74, 6) is 0.858. The molecule has 0 amide bonds. The van der Waals surface area contributed by atoms with Crippen molar-refractivity contribution in [2.24, 2.45) is 7.05 Å². The first-order valence-electron chi connectivity index (χ1n) is 6.50. The molecule has 0 atom stereocenters. The molecule has 0 fully saturated rings. The molecule has 2 rings (SSSR count). The molecule has 0 saturated carbocycles. The second-order valence-corrected chi connectivity index (χ2v) is 5.44. The van der Waals surface area contributed by atoms with Crippen LogP contribution in [0.2, 0.25) is 0 Å². The molecule has 1 aromatic carbocycles. The minimum atomic E-state index is 0.495. The number of aryl methyl sites for hydroxylation is 2. The maximum Gasteiger partial charge on any atom is 0.131 e. The Bertz CT molecular complexity index is 564. The van der Waals surface area contributed by atoms with Crippen molar-refractivity contribution in [3.8, 4) is 5.75 Å². The van der Waals surface area contributed by atoms with Crippen molar-refractivity contribution >= 4 is 15.9 Å². The average molecular weight is 339 g/mol. The third-order valence-corrected chi connectivity index (χ3v) is 4.19. The smallest absolute Gasteiger partial charge is 0.131 e. The number of hydrogen-bond donors (Lipinski definition) is 0. The van der Waals surface area contributed by atoms with Crippen molar-refractivity contribution in [2.45, 2.75) is 20.0 Å². The van der Waals surface area contributed by atoms with Gasteiger partial charge in [-0.1, -0.05) is 12.1 Å². The standard InChI is InChI=1S/C15H19BrN2O2/c1-11-15(16)14(18(2)17-11)10-20-13-6-4-12(5-7-13)8-9-19-3/h4-7H,8-10H2,1-3H3. The molecule has 0 radical (unpaired) electrons. The Hall–Kier alpha value is -1.33. The normalized spacial score (nSPS) is 10.8. The molecule has 5 heteroatoms. The van der Waals surface area contributed by atoms with Gasteiger partial charge < -0.3 is 9.47 Å². The van der Waals surface area contributed by atoms with Gasteiger partial charge in [0.05, 0.1) is 22.5 Å². The number of ether oxygens (including phenoxy) is 2. The zero-order chi connectivity index (χ0) is 14.5. The van der Waals surface area contributed by atoms with E-state index in [-0.39, 0.29) is 0 Å². The largest absolute Gasteiger partial charge is 0.487 e. The third kappa shape index (κ3) is 3.61. The number of hydrogen-bond acceptors (Lipinski definition) is 3. The summed E-state index contributed by atoms with van der Waals surface area (Å²) in [6, 6.07) is 8.11. The highest BCUT2D eigenvalue weighted by molar-refractivity contribution is 9.10. The van der Waals surface area contributed by atoms with Crippen LogP contribution in [0.15, 0.2) is 28.7 Å². The van der Waals surface area contributed by atoms with Crippen LogP contribution < -0.4 is 4.74 Å². The lowest BCUT2D eigenvalue weighted by atomic mass is 10.1. The summed E-state index contributed by atoms with van der Waals surface area (Å²) in [5.41, 5.74) is 3.25. The van der Waals surface area contributed by atoms with Crippen LogP contribution >= 0.6 is 15.9 Å². The summed E-state index contributed by atoms with van der Waals surface area (Å²) in [5, 5.41) is 4.35. The van der Waals surface area contributed by atoms with E-state index in [1.807, 2.05) is 30.8 Å². The monoisotopic (exact) mass is 338 g/mol. The first-order valence-corrected chi connectivity index (χ1v) is 7.29. The van der Waals surface area contributed by atoms with Crippen molar-refractivity contribution < 1.29 is 9.47 Å². The Morgan fingerprint density at radius 1 is 1.25 bits per heavy atom. The predicted octanol–water partition coefficient (Wildman–Crippen LogP) is 3.26. The second-order valence-electron chi connectivity index (χ2n) is 4.65. The summed E-state index contributed by atoms with van der Waals surface area (Å²) in [6.07, 6.45) is 0.920. The van der Waals surface area contributed by atoms with Crippen LogP contribution in [0.3, 0.4) is 0 Å². The number of benzene rings is 1. The van der Waals surface area contributed by atoms with Gasteiger partial charge in [-0.15, -0.1) is 0 Å². The predicted molar refractivity (Wildman–Crippen MR) is 82.0 cm³/mol. The maximum absolute atomic E-state index is 5.80. The third-order valence-electron chi connectivity index (χ3n) is 3.16. The maximum atomic E-state index is 5.80. The second kappa shape index (κ2) is 6.90. The molecule has 0 aliphatic heterocycles. The lowest BCUT2D eigenvalue weighted by molar-refractivity contribution is 0.202. The summed E-state index contributed by atoms with van der Waals surface area (Å²) >= 11 is 3.54. The van der Waals surface area contributed by atoms with Gasteiger partial charge in [-0.25, -0.2) is 0 Å². The van der Waals surface area contributed by atoms with Gasteiger partial charge in [-0.2, -0.15) is 5.10 Å². The van der Waals surface area contributed by atoms with Crippen molar-refractivity contribution in [1.82, 2.24) is 9.78 Å². The Labute approximate surface area is 127 Å². The summed E-state index contributed by atoms with van der Waals surface area (Å²) in [4.78, 5) is 0. The molecule has 1 aromatic heterocycles. The van der Waals surface area contributed by atoms with E-state index in [4.69, 9.17) is 9.47 Å².